The number of nitrogens with two attached hydrogens (primary N) is 1. The third kappa shape index (κ3) is 3.56. The summed E-state index contributed by atoms with van der Waals surface area (Å²) in [5.74, 6) is 0.606. The molecule has 3 heteroatoms. The fourth-order valence-electron chi connectivity index (χ4n) is 2.97. The maximum absolute atomic E-state index is 8.82. The van der Waals surface area contributed by atoms with Crippen LogP contribution in [-0.4, -0.2) is 12.6 Å². The number of benzene rings is 1. The summed E-state index contributed by atoms with van der Waals surface area (Å²) in [7, 11) is 0. The molecule has 3 N–H and O–H groups in total. The van der Waals surface area contributed by atoms with Gasteiger partial charge in [0, 0.05) is 12.1 Å². The molecule has 1 aromatic carbocycles. The molecule has 1 aliphatic carbocycles. The van der Waals surface area contributed by atoms with Crippen molar-refractivity contribution in [2.24, 2.45) is 11.7 Å². The minimum atomic E-state index is 0.310. The van der Waals surface area contributed by atoms with Crippen molar-refractivity contribution in [1.29, 1.82) is 5.26 Å². The molecule has 1 aliphatic rings. The van der Waals surface area contributed by atoms with Gasteiger partial charge in [-0.2, -0.15) is 5.26 Å². The summed E-state index contributed by atoms with van der Waals surface area (Å²) in [4.78, 5) is 0. The van der Waals surface area contributed by atoms with E-state index in [1.165, 1.54) is 31.2 Å². The van der Waals surface area contributed by atoms with Gasteiger partial charge in [0.25, 0.3) is 0 Å². The smallest absolute Gasteiger partial charge is 0.0991 e. The van der Waals surface area contributed by atoms with Gasteiger partial charge in [0.1, 0.15) is 0 Å². The van der Waals surface area contributed by atoms with Crippen molar-refractivity contribution in [1.82, 2.24) is 5.32 Å². The monoisotopic (exact) mass is 257 g/mol. The van der Waals surface area contributed by atoms with E-state index in [0.717, 1.165) is 6.54 Å². The standard InChI is InChI=1S/C16H23N3/c1-12(14-8-6-13(10-17)7-9-14)19-16-5-3-2-4-15(16)11-18/h6-9,12,15-16,19H,2-5,11,18H2,1H3. The summed E-state index contributed by atoms with van der Waals surface area (Å²) in [6, 6.07) is 10.8. The Hall–Kier alpha value is -1.37. The van der Waals surface area contributed by atoms with Crippen molar-refractivity contribution >= 4 is 0 Å². The van der Waals surface area contributed by atoms with E-state index in [1.807, 2.05) is 24.3 Å². The first-order valence-electron chi connectivity index (χ1n) is 7.20. The zero-order valence-electron chi connectivity index (χ0n) is 11.6. The van der Waals surface area contributed by atoms with Crippen LogP contribution < -0.4 is 11.1 Å². The molecule has 1 fully saturated rings. The maximum Gasteiger partial charge on any atom is 0.0991 e. The lowest BCUT2D eigenvalue weighted by molar-refractivity contribution is 0.252. The summed E-state index contributed by atoms with van der Waals surface area (Å²) < 4.78 is 0. The third-order valence-electron chi connectivity index (χ3n) is 4.22. The summed E-state index contributed by atoms with van der Waals surface area (Å²) in [5, 5.41) is 12.5. The highest BCUT2D eigenvalue weighted by Crippen LogP contribution is 2.26. The second-order valence-electron chi connectivity index (χ2n) is 5.51. The SMILES string of the molecule is CC(NC1CCCCC1CN)c1ccc(C#N)cc1. The van der Waals surface area contributed by atoms with Crippen LogP contribution in [0.4, 0.5) is 0 Å². The molecule has 1 saturated carbocycles. The van der Waals surface area contributed by atoms with E-state index in [9.17, 15) is 0 Å². The Bertz CT molecular complexity index is 432. The molecule has 19 heavy (non-hydrogen) atoms. The second-order valence-corrected chi connectivity index (χ2v) is 5.51. The predicted molar refractivity (Wildman–Crippen MR) is 77.5 cm³/mol. The highest BCUT2D eigenvalue weighted by Gasteiger charge is 2.25. The Kier molecular flexibility index (Phi) is 4.95. The minimum Gasteiger partial charge on any atom is -0.330 e. The molecule has 102 valence electrons. The van der Waals surface area contributed by atoms with Crippen LogP contribution in [0.5, 0.6) is 0 Å². The molecular weight excluding hydrogens is 234 g/mol. The molecule has 0 bridgehead atoms. The van der Waals surface area contributed by atoms with Gasteiger partial charge in [-0.3, -0.25) is 0 Å². The van der Waals surface area contributed by atoms with Crippen LogP contribution in [0, 0.1) is 17.2 Å². The highest BCUT2D eigenvalue weighted by atomic mass is 15.0. The van der Waals surface area contributed by atoms with Gasteiger partial charge < -0.3 is 11.1 Å². The van der Waals surface area contributed by atoms with Gasteiger partial charge in [0.05, 0.1) is 11.6 Å². The number of hydrogen-bond acceptors (Lipinski definition) is 3. The van der Waals surface area contributed by atoms with Crippen molar-refractivity contribution < 1.29 is 0 Å². The number of nitrogens with one attached hydrogen (secondary N) is 1. The quantitative estimate of drug-likeness (QED) is 0.871. The van der Waals surface area contributed by atoms with Gasteiger partial charge in [-0.15, -0.1) is 0 Å². The number of nitriles is 1. The lowest BCUT2D eigenvalue weighted by Crippen LogP contribution is -2.42. The Morgan fingerprint density at radius 1 is 1.32 bits per heavy atom. The molecule has 0 amide bonds. The fourth-order valence-corrected chi connectivity index (χ4v) is 2.97. The predicted octanol–water partition coefficient (Wildman–Crippen LogP) is 2.73. The molecule has 0 aromatic heterocycles. The average molecular weight is 257 g/mol. The number of nitrogens with zero attached hydrogens (tertiary/aromatic N) is 1. The van der Waals surface area contributed by atoms with E-state index < -0.39 is 0 Å². The number of rotatable bonds is 4. The lowest BCUT2D eigenvalue weighted by atomic mass is 9.84. The molecule has 3 atom stereocenters. The molecule has 3 nitrogen and oxygen atoms in total. The van der Waals surface area contributed by atoms with E-state index in [-0.39, 0.29) is 0 Å². The summed E-state index contributed by atoms with van der Waals surface area (Å²) in [6.45, 7) is 2.96. The molecule has 3 unspecified atom stereocenters. The van der Waals surface area contributed by atoms with Gasteiger partial charge >= 0.3 is 0 Å². The van der Waals surface area contributed by atoms with Crippen LogP contribution in [0.2, 0.25) is 0 Å². The van der Waals surface area contributed by atoms with Crippen LogP contribution in [0.3, 0.4) is 0 Å². The maximum atomic E-state index is 8.82. The minimum absolute atomic E-state index is 0.310. The molecule has 0 saturated heterocycles. The van der Waals surface area contributed by atoms with Crippen molar-refractivity contribution in [3.8, 4) is 6.07 Å². The normalized spacial score (nSPS) is 24.7. The zero-order valence-corrected chi connectivity index (χ0v) is 11.6. The Balaban J connectivity index is 1.99. The van der Waals surface area contributed by atoms with Crippen LogP contribution in [0.25, 0.3) is 0 Å². The third-order valence-corrected chi connectivity index (χ3v) is 4.22. The first kappa shape index (κ1) is 14.0. The Morgan fingerprint density at radius 2 is 2.00 bits per heavy atom. The Morgan fingerprint density at radius 3 is 2.63 bits per heavy atom. The summed E-state index contributed by atoms with van der Waals surface area (Å²) in [5.41, 5.74) is 7.82. The summed E-state index contributed by atoms with van der Waals surface area (Å²) >= 11 is 0. The topological polar surface area (TPSA) is 61.8 Å². The van der Waals surface area contributed by atoms with Crippen molar-refractivity contribution in [3.63, 3.8) is 0 Å². The van der Waals surface area contributed by atoms with Gasteiger partial charge in [-0.25, -0.2) is 0 Å². The van der Waals surface area contributed by atoms with Crippen LogP contribution >= 0.6 is 0 Å². The van der Waals surface area contributed by atoms with E-state index >= 15 is 0 Å². The van der Waals surface area contributed by atoms with Gasteiger partial charge in [-0.1, -0.05) is 25.0 Å². The van der Waals surface area contributed by atoms with E-state index in [2.05, 4.69) is 18.3 Å². The first-order valence-corrected chi connectivity index (χ1v) is 7.20. The number of hydrogen-bond donors (Lipinski definition) is 2. The molecule has 0 spiro atoms. The van der Waals surface area contributed by atoms with Crippen LogP contribution in [-0.2, 0) is 0 Å². The fraction of sp³-hybridized carbons (Fsp3) is 0.562. The van der Waals surface area contributed by atoms with E-state index in [0.29, 0.717) is 23.6 Å². The first-order chi connectivity index (χ1) is 9.24. The van der Waals surface area contributed by atoms with Crippen molar-refractivity contribution in [2.45, 2.75) is 44.7 Å². The van der Waals surface area contributed by atoms with Gasteiger partial charge in [-0.05, 0) is 49.9 Å². The van der Waals surface area contributed by atoms with Crippen molar-refractivity contribution in [2.75, 3.05) is 6.54 Å². The molecule has 0 radical (unpaired) electrons. The molecule has 0 aliphatic heterocycles. The lowest BCUT2D eigenvalue weighted by Gasteiger charge is -2.33. The molecule has 1 aromatic rings. The van der Waals surface area contributed by atoms with Gasteiger partial charge in [0.15, 0.2) is 0 Å². The Labute approximate surface area is 115 Å². The molecular formula is C16H23N3. The highest BCUT2D eigenvalue weighted by molar-refractivity contribution is 5.32. The molecule has 0 heterocycles. The second kappa shape index (κ2) is 6.70. The zero-order chi connectivity index (χ0) is 13.7. The average Bonchev–Trinajstić information content (AvgIpc) is 2.48. The van der Waals surface area contributed by atoms with Gasteiger partial charge in [0.2, 0.25) is 0 Å². The molecule has 2 rings (SSSR count). The largest absolute Gasteiger partial charge is 0.330 e. The van der Waals surface area contributed by atoms with E-state index in [4.69, 9.17) is 11.0 Å². The van der Waals surface area contributed by atoms with Crippen molar-refractivity contribution in [3.05, 3.63) is 35.4 Å². The van der Waals surface area contributed by atoms with Crippen LogP contribution in [0.15, 0.2) is 24.3 Å². The van der Waals surface area contributed by atoms with Crippen LogP contribution in [0.1, 0.15) is 49.8 Å². The summed E-state index contributed by atoms with van der Waals surface area (Å²) in [6.07, 6.45) is 5.08. The van der Waals surface area contributed by atoms with E-state index in [1.54, 1.807) is 0 Å².